The minimum absolute atomic E-state index is 0.0182. The van der Waals surface area contributed by atoms with Crippen molar-refractivity contribution in [1.29, 1.82) is 0 Å². The molecular formula is C18H28N2O3. The summed E-state index contributed by atoms with van der Waals surface area (Å²) < 4.78 is 6.33. The smallest absolute Gasteiger partial charge is 0.123 e. The number of nitrogens with one attached hydrogen (secondary N) is 1. The monoisotopic (exact) mass is 320 g/mol. The molecule has 2 heterocycles. The summed E-state index contributed by atoms with van der Waals surface area (Å²) in [6.07, 6.45) is 3.50. The Morgan fingerprint density at radius 1 is 1.17 bits per heavy atom. The summed E-state index contributed by atoms with van der Waals surface area (Å²) in [6.45, 7) is 5.65. The van der Waals surface area contributed by atoms with Crippen molar-refractivity contribution in [2.24, 2.45) is 0 Å². The molecule has 23 heavy (non-hydrogen) atoms. The fourth-order valence-electron chi connectivity index (χ4n) is 3.48. The molecule has 2 saturated heterocycles. The van der Waals surface area contributed by atoms with Crippen LogP contribution >= 0.6 is 0 Å². The van der Waals surface area contributed by atoms with Crippen LogP contribution in [0, 0.1) is 0 Å². The lowest BCUT2D eigenvalue weighted by Gasteiger charge is -2.34. The van der Waals surface area contributed by atoms with E-state index in [1.54, 1.807) is 6.92 Å². The van der Waals surface area contributed by atoms with Gasteiger partial charge < -0.3 is 20.3 Å². The molecular weight excluding hydrogens is 292 g/mol. The lowest BCUT2D eigenvalue weighted by atomic mass is 9.94. The number of benzene rings is 1. The normalized spacial score (nSPS) is 27.2. The van der Waals surface area contributed by atoms with E-state index in [1.165, 1.54) is 13.0 Å². The molecule has 0 aliphatic carbocycles. The van der Waals surface area contributed by atoms with Gasteiger partial charge in [-0.15, -0.1) is 0 Å². The van der Waals surface area contributed by atoms with E-state index in [4.69, 9.17) is 4.74 Å². The highest BCUT2D eigenvalue weighted by Gasteiger charge is 2.42. The number of aliphatic hydroxyl groups excluding tert-OH is 2. The van der Waals surface area contributed by atoms with Gasteiger partial charge >= 0.3 is 0 Å². The molecule has 0 saturated carbocycles. The topological polar surface area (TPSA) is 65.0 Å². The third-order valence-electron chi connectivity index (χ3n) is 5.18. The third kappa shape index (κ3) is 3.86. The summed E-state index contributed by atoms with van der Waals surface area (Å²) >= 11 is 0. The Bertz CT molecular complexity index is 512. The van der Waals surface area contributed by atoms with Crippen LogP contribution < -0.4 is 10.1 Å². The maximum absolute atomic E-state index is 9.30. The molecule has 2 unspecified atom stereocenters. The number of nitrogens with zero attached hydrogens (tertiary/aromatic N) is 1. The van der Waals surface area contributed by atoms with E-state index in [2.05, 4.69) is 10.2 Å². The first-order valence-corrected chi connectivity index (χ1v) is 8.54. The molecule has 2 aliphatic rings. The molecule has 1 aromatic carbocycles. The van der Waals surface area contributed by atoms with Gasteiger partial charge in [-0.2, -0.15) is 0 Å². The van der Waals surface area contributed by atoms with Crippen LogP contribution in [-0.4, -0.2) is 59.1 Å². The lowest BCUT2D eigenvalue weighted by Crippen LogP contribution is -2.48. The number of ether oxygens (including phenoxy) is 1. The van der Waals surface area contributed by atoms with Crippen molar-refractivity contribution in [1.82, 2.24) is 10.2 Å². The van der Waals surface area contributed by atoms with E-state index in [1.807, 2.05) is 24.3 Å². The van der Waals surface area contributed by atoms with Gasteiger partial charge in [0, 0.05) is 26.1 Å². The van der Waals surface area contributed by atoms with Crippen molar-refractivity contribution in [3.63, 3.8) is 0 Å². The summed E-state index contributed by atoms with van der Waals surface area (Å²) in [4.78, 5) is 2.49. The van der Waals surface area contributed by atoms with Gasteiger partial charge in [-0.25, -0.2) is 0 Å². The zero-order valence-corrected chi connectivity index (χ0v) is 13.9. The molecule has 2 atom stereocenters. The zero-order valence-electron chi connectivity index (χ0n) is 13.9. The third-order valence-corrected chi connectivity index (χ3v) is 5.18. The number of fused-ring (bicyclic) bond motifs is 2. The van der Waals surface area contributed by atoms with Crippen LogP contribution in [0.15, 0.2) is 24.3 Å². The van der Waals surface area contributed by atoms with E-state index >= 15 is 0 Å². The van der Waals surface area contributed by atoms with Gasteiger partial charge in [-0.1, -0.05) is 12.1 Å². The summed E-state index contributed by atoms with van der Waals surface area (Å²) in [5.41, 5.74) is 0.480. The molecule has 128 valence electrons. The maximum Gasteiger partial charge on any atom is 0.123 e. The van der Waals surface area contributed by atoms with Crippen molar-refractivity contribution >= 4 is 0 Å². The molecule has 0 aromatic heterocycles. The molecule has 0 amide bonds. The highest BCUT2D eigenvalue weighted by molar-refractivity contribution is 5.28. The number of hydrogen-bond donors (Lipinski definition) is 3. The minimum atomic E-state index is -0.649. The molecule has 0 spiro atoms. The molecule has 0 radical (unpaired) electrons. The number of rotatable bonds is 7. The van der Waals surface area contributed by atoms with Gasteiger partial charge in [0.25, 0.3) is 0 Å². The average Bonchev–Trinajstić information content (AvgIpc) is 2.87. The Kier molecular flexibility index (Phi) is 4.92. The van der Waals surface area contributed by atoms with Crippen molar-refractivity contribution in [2.75, 3.05) is 32.8 Å². The quantitative estimate of drug-likeness (QED) is 0.703. The van der Waals surface area contributed by atoms with Crippen molar-refractivity contribution in [3.8, 4) is 5.75 Å². The molecule has 2 aliphatic heterocycles. The predicted octanol–water partition coefficient (Wildman–Crippen LogP) is 1.14. The van der Waals surface area contributed by atoms with Crippen LogP contribution in [0.2, 0.25) is 0 Å². The molecule has 5 heteroatoms. The SMILES string of the molecule is CC(CO)(CO)NCc1ccc(OC23CCCN(CC2)C3)cc1. The van der Waals surface area contributed by atoms with E-state index in [-0.39, 0.29) is 18.8 Å². The summed E-state index contributed by atoms with van der Waals surface area (Å²) in [5.74, 6) is 0.935. The molecule has 2 fully saturated rings. The van der Waals surface area contributed by atoms with Crippen molar-refractivity contribution < 1.29 is 14.9 Å². The molecule has 1 aromatic rings. The first kappa shape index (κ1) is 16.7. The van der Waals surface area contributed by atoms with Crippen LogP contribution in [0.5, 0.6) is 5.75 Å². The minimum Gasteiger partial charge on any atom is -0.486 e. The molecule has 2 bridgehead atoms. The Hall–Kier alpha value is -1.14. The van der Waals surface area contributed by atoms with Gasteiger partial charge in [0.2, 0.25) is 0 Å². The second-order valence-corrected chi connectivity index (χ2v) is 7.29. The Morgan fingerprint density at radius 3 is 2.61 bits per heavy atom. The van der Waals surface area contributed by atoms with Gasteiger partial charge in [-0.05, 0) is 44.0 Å². The van der Waals surface area contributed by atoms with Gasteiger partial charge in [0.1, 0.15) is 11.4 Å². The Morgan fingerprint density at radius 2 is 1.91 bits per heavy atom. The number of aliphatic hydroxyl groups is 2. The fourth-order valence-corrected chi connectivity index (χ4v) is 3.48. The largest absolute Gasteiger partial charge is 0.486 e. The number of hydrogen-bond acceptors (Lipinski definition) is 5. The molecule has 3 N–H and O–H groups in total. The molecule has 3 rings (SSSR count). The zero-order chi connectivity index (χ0) is 16.3. The van der Waals surface area contributed by atoms with Crippen LogP contribution in [0.3, 0.4) is 0 Å². The summed E-state index contributed by atoms with van der Waals surface area (Å²) in [7, 11) is 0. The highest BCUT2D eigenvalue weighted by atomic mass is 16.5. The second-order valence-electron chi connectivity index (χ2n) is 7.29. The van der Waals surface area contributed by atoms with Crippen LogP contribution in [0.25, 0.3) is 0 Å². The summed E-state index contributed by atoms with van der Waals surface area (Å²) in [6, 6.07) is 8.14. The van der Waals surface area contributed by atoms with Crippen molar-refractivity contribution in [3.05, 3.63) is 29.8 Å². The Labute approximate surface area is 138 Å². The van der Waals surface area contributed by atoms with Gasteiger partial charge in [-0.3, -0.25) is 4.90 Å². The lowest BCUT2D eigenvalue weighted by molar-refractivity contribution is 0.0452. The summed E-state index contributed by atoms with van der Waals surface area (Å²) in [5, 5.41) is 21.8. The standard InChI is InChI=1S/C18H28N2O3/c1-17(13-21,14-22)19-11-15-3-5-16(6-4-15)23-18-7-2-9-20(12-18)10-8-18/h3-6,19,21-22H,2,7-14H2,1H3. The fraction of sp³-hybridized carbons (Fsp3) is 0.667. The first-order valence-electron chi connectivity index (χ1n) is 8.54. The van der Waals surface area contributed by atoms with Gasteiger partial charge in [0.15, 0.2) is 0 Å². The van der Waals surface area contributed by atoms with E-state index in [9.17, 15) is 10.2 Å². The van der Waals surface area contributed by atoms with Crippen LogP contribution in [0.4, 0.5) is 0 Å². The maximum atomic E-state index is 9.30. The van der Waals surface area contributed by atoms with Crippen molar-refractivity contribution in [2.45, 2.75) is 43.9 Å². The highest BCUT2D eigenvalue weighted by Crippen LogP contribution is 2.35. The average molecular weight is 320 g/mol. The van der Waals surface area contributed by atoms with Crippen LogP contribution in [0.1, 0.15) is 31.7 Å². The van der Waals surface area contributed by atoms with E-state index in [0.717, 1.165) is 37.2 Å². The van der Waals surface area contributed by atoms with E-state index < -0.39 is 5.54 Å². The Balaban J connectivity index is 1.57. The second kappa shape index (κ2) is 6.77. The predicted molar refractivity (Wildman–Crippen MR) is 89.5 cm³/mol. The molecule has 5 nitrogen and oxygen atoms in total. The van der Waals surface area contributed by atoms with Gasteiger partial charge in [0.05, 0.1) is 18.8 Å². The number of piperidine rings is 1. The van der Waals surface area contributed by atoms with E-state index in [0.29, 0.717) is 6.54 Å². The first-order chi connectivity index (χ1) is 11.1. The van der Waals surface area contributed by atoms with Crippen LogP contribution in [-0.2, 0) is 6.54 Å².